The molecule has 0 amide bonds. The number of pyridine rings is 1. The van der Waals surface area contributed by atoms with Gasteiger partial charge in [-0.05, 0) is 69.7 Å². The van der Waals surface area contributed by atoms with Crippen molar-refractivity contribution in [3.63, 3.8) is 0 Å². The molecule has 1 fully saturated rings. The first-order chi connectivity index (χ1) is 15.7. The van der Waals surface area contributed by atoms with Crippen LogP contribution in [0.15, 0.2) is 12.1 Å². The van der Waals surface area contributed by atoms with E-state index in [0.717, 1.165) is 53.9 Å². The number of fused-ring (bicyclic) bond motifs is 2. The van der Waals surface area contributed by atoms with Crippen molar-refractivity contribution in [2.45, 2.75) is 44.9 Å². The first kappa shape index (κ1) is 24.1. The molecule has 1 aliphatic carbocycles. The van der Waals surface area contributed by atoms with E-state index >= 15 is 0 Å². The van der Waals surface area contributed by atoms with Crippen LogP contribution in [0.3, 0.4) is 0 Å². The SMILES string of the molecule is COc1cc2c(NCCO)c3c(nc2cc1OCCCN1CCCC1)CCCC3.O=CO. The molecular weight excluding hydrogens is 410 g/mol. The highest BCUT2D eigenvalue weighted by Gasteiger charge is 2.20. The molecule has 1 aromatic heterocycles. The highest BCUT2D eigenvalue weighted by atomic mass is 16.5. The van der Waals surface area contributed by atoms with E-state index in [1.54, 1.807) is 7.11 Å². The van der Waals surface area contributed by atoms with Gasteiger partial charge in [0.1, 0.15) is 0 Å². The first-order valence-corrected chi connectivity index (χ1v) is 11.5. The maximum absolute atomic E-state index is 9.32. The number of methoxy groups -OCH3 is 1. The number of nitrogens with zero attached hydrogens (tertiary/aromatic N) is 2. The molecule has 2 aromatic rings. The van der Waals surface area contributed by atoms with Crippen LogP contribution in [0.5, 0.6) is 11.5 Å². The molecule has 1 aromatic carbocycles. The highest BCUT2D eigenvalue weighted by Crippen LogP contribution is 2.39. The summed E-state index contributed by atoms with van der Waals surface area (Å²) in [4.78, 5) is 15.8. The van der Waals surface area contributed by atoms with Crippen molar-refractivity contribution in [2.75, 3.05) is 51.8 Å². The molecular formula is C24H35N3O5. The number of benzene rings is 1. The largest absolute Gasteiger partial charge is 0.493 e. The van der Waals surface area contributed by atoms with Gasteiger partial charge in [0.15, 0.2) is 11.5 Å². The Morgan fingerprint density at radius 1 is 1.16 bits per heavy atom. The minimum atomic E-state index is -0.250. The smallest absolute Gasteiger partial charge is 0.290 e. The maximum atomic E-state index is 9.32. The number of carboxylic acid groups (broad SMARTS) is 1. The number of nitrogens with one attached hydrogen (secondary N) is 1. The Balaban J connectivity index is 0.000000913. The van der Waals surface area contributed by atoms with E-state index < -0.39 is 0 Å². The number of aliphatic hydroxyl groups excluding tert-OH is 1. The summed E-state index contributed by atoms with van der Waals surface area (Å²) in [6.45, 7) is 4.60. The van der Waals surface area contributed by atoms with Crippen LogP contribution in [-0.2, 0) is 17.6 Å². The zero-order valence-corrected chi connectivity index (χ0v) is 18.9. The molecule has 0 unspecified atom stereocenters. The average Bonchev–Trinajstić information content (AvgIpc) is 3.33. The van der Waals surface area contributed by atoms with Crippen molar-refractivity contribution in [2.24, 2.45) is 0 Å². The zero-order chi connectivity index (χ0) is 22.8. The Hall–Kier alpha value is -2.58. The van der Waals surface area contributed by atoms with Gasteiger partial charge < -0.3 is 29.9 Å². The first-order valence-electron chi connectivity index (χ1n) is 11.5. The molecule has 8 heteroatoms. The van der Waals surface area contributed by atoms with Gasteiger partial charge in [-0.1, -0.05) is 0 Å². The lowest BCUT2D eigenvalue weighted by Crippen LogP contribution is -2.22. The summed E-state index contributed by atoms with van der Waals surface area (Å²) in [5, 5.41) is 20.7. The molecule has 2 aliphatic rings. The summed E-state index contributed by atoms with van der Waals surface area (Å²) in [7, 11) is 1.69. The number of likely N-dealkylation sites (tertiary alicyclic amines) is 1. The predicted molar refractivity (Wildman–Crippen MR) is 125 cm³/mol. The molecule has 4 rings (SSSR count). The van der Waals surface area contributed by atoms with Gasteiger partial charge in [0.2, 0.25) is 0 Å². The molecule has 0 spiro atoms. The second-order valence-corrected chi connectivity index (χ2v) is 8.15. The van der Waals surface area contributed by atoms with Crippen LogP contribution in [0.25, 0.3) is 10.9 Å². The van der Waals surface area contributed by atoms with E-state index in [0.29, 0.717) is 13.2 Å². The van der Waals surface area contributed by atoms with Crippen LogP contribution < -0.4 is 14.8 Å². The van der Waals surface area contributed by atoms with E-state index in [1.165, 1.54) is 50.0 Å². The molecule has 1 saturated heterocycles. The molecule has 8 nitrogen and oxygen atoms in total. The van der Waals surface area contributed by atoms with Crippen LogP contribution in [0.1, 0.15) is 43.4 Å². The minimum absolute atomic E-state index is 0.105. The van der Waals surface area contributed by atoms with Crippen molar-refractivity contribution < 1.29 is 24.5 Å². The van der Waals surface area contributed by atoms with Crippen molar-refractivity contribution in [3.8, 4) is 11.5 Å². The van der Waals surface area contributed by atoms with Crippen molar-refractivity contribution in [3.05, 3.63) is 23.4 Å². The summed E-state index contributed by atoms with van der Waals surface area (Å²) in [6.07, 6.45) is 8.07. The molecule has 0 atom stereocenters. The van der Waals surface area contributed by atoms with Gasteiger partial charge in [-0.2, -0.15) is 0 Å². The van der Waals surface area contributed by atoms with Crippen molar-refractivity contribution in [1.29, 1.82) is 0 Å². The average molecular weight is 446 g/mol. The maximum Gasteiger partial charge on any atom is 0.290 e. The molecule has 2 heterocycles. The summed E-state index contributed by atoms with van der Waals surface area (Å²) in [5.74, 6) is 1.50. The van der Waals surface area contributed by atoms with Gasteiger partial charge in [-0.15, -0.1) is 0 Å². The summed E-state index contributed by atoms with van der Waals surface area (Å²) >= 11 is 0. The summed E-state index contributed by atoms with van der Waals surface area (Å²) in [5.41, 5.74) is 4.49. The quantitative estimate of drug-likeness (QED) is 0.400. The lowest BCUT2D eigenvalue weighted by atomic mass is 9.92. The predicted octanol–water partition coefficient (Wildman–Crippen LogP) is 3.09. The summed E-state index contributed by atoms with van der Waals surface area (Å²) in [6, 6.07) is 4.05. The number of rotatable bonds is 9. The number of ether oxygens (including phenoxy) is 2. The van der Waals surface area contributed by atoms with E-state index in [2.05, 4.69) is 10.2 Å². The minimum Gasteiger partial charge on any atom is -0.493 e. The Labute approximate surface area is 189 Å². The third kappa shape index (κ3) is 6.01. The van der Waals surface area contributed by atoms with Gasteiger partial charge in [-0.3, -0.25) is 9.78 Å². The van der Waals surface area contributed by atoms with Crippen LogP contribution >= 0.6 is 0 Å². The van der Waals surface area contributed by atoms with Crippen LogP contribution in [0, 0.1) is 0 Å². The third-order valence-corrected chi connectivity index (χ3v) is 6.04. The second kappa shape index (κ2) is 12.5. The van der Waals surface area contributed by atoms with E-state index in [1.807, 2.05) is 12.1 Å². The molecule has 3 N–H and O–H groups in total. The van der Waals surface area contributed by atoms with Gasteiger partial charge in [0, 0.05) is 35.9 Å². The van der Waals surface area contributed by atoms with Crippen LogP contribution in [0.2, 0.25) is 0 Å². The highest BCUT2D eigenvalue weighted by molar-refractivity contribution is 5.95. The number of aliphatic hydroxyl groups is 1. The fraction of sp³-hybridized carbons (Fsp3) is 0.583. The molecule has 0 saturated carbocycles. The van der Waals surface area contributed by atoms with Crippen LogP contribution in [-0.4, -0.2) is 73.1 Å². The fourth-order valence-corrected chi connectivity index (χ4v) is 4.56. The third-order valence-electron chi connectivity index (χ3n) is 6.04. The fourth-order valence-electron chi connectivity index (χ4n) is 4.56. The van der Waals surface area contributed by atoms with E-state index in [-0.39, 0.29) is 13.1 Å². The Morgan fingerprint density at radius 3 is 2.62 bits per heavy atom. The van der Waals surface area contributed by atoms with E-state index in [9.17, 15) is 5.11 Å². The zero-order valence-electron chi connectivity index (χ0n) is 18.9. The van der Waals surface area contributed by atoms with Crippen molar-refractivity contribution >= 4 is 23.1 Å². The lowest BCUT2D eigenvalue weighted by Gasteiger charge is -2.22. The van der Waals surface area contributed by atoms with Gasteiger partial charge in [0.25, 0.3) is 6.47 Å². The number of aromatic nitrogens is 1. The lowest BCUT2D eigenvalue weighted by molar-refractivity contribution is -0.122. The standard InChI is InChI=1S/C23H33N3O3.CH2O2/c1-28-21-15-18-20(16-22(21)29-14-6-12-26-10-4-5-11-26)25-19-8-3-2-7-17(19)23(18)24-9-13-27;2-1-3/h15-16,27H,2-14H2,1H3,(H,24,25);1H,(H,2,3). The normalized spacial score (nSPS) is 15.6. The Morgan fingerprint density at radius 2 is 1.91 bits per heavy atom. The topological polar surface area (TPSA) is 104 Å². The number of carbonyl (C=O) groups is 1. The molecule has 0 bridgehead atoms. The van der Waals surface area contributed by atoms with Gasteiger partial charge in [0.05, 0.1) is 25.8 Å². The number of anilines is 1. The van der Waals surface area contributed by atoms with Crippen LogP contribution in [0.4, 0.5) is 5.69 Å². The van der Waals surface area contributed by atoms with Gasteiger partial charge >= 0.3 is 0 Å². The molecule has 32 heavy (non-hydrogen) atoms. The van der Waals surface area contributed by atoms with Gasteiger partial charge in [-0.25, -0.2) is 0 Å². The Kier molecular flexibility index (Phi) is 9.37. The number of hydrogen-bond acceptors (Lipinski definition) is 7. The number of hydrogen-bond donors (Lipinski definition) is 3. The van der Waals surface area contributed by atoms with Crippen molar-refractivity contribution in [1.82, 2.24) is 9.88 Å². The molecule has 0 radical (unpaired) electrons. The second-order valence-electron chi connectivity index (χ2n) is 8.15. The van der Waals surface area contributed by atoms with E-state index in [4.69, 9.17) is 24.4 Å². The number of aryl methyl sites for hydroxylation is 1. The monoisotopic (exact) mass is 445 g/mol. The molecule has 176 valence electrons. The Bertz CT molecular complexity index is 884. The summed E-state index contributed by atoms with van der Waals surface area (Å²) < 4.78 is 11.8. The molecule has 1 aliphatic heterocycles.